The summed E-state index contributed by atoms with van der Waals surface area (Å²) in [5, 5.41) is 0. The van der Waals surface area contributed by atoms with E-state index in [1.54, 1.807) is 30.3 Å². The molecule has 2 amide bonds. The van der Waals surface area contributed by atoms with Crippen molar-refractivity contribution in [3.63, 3.8) is 0 Å². The van der Waals surface area contributed by atoms with Crippen molar-refractivity contribution in [3.05, 3.63) is 70.2 Å². The van der Waals surface area contributed by atoms with Crippen LogP contribution in [-0.4, -0.2) is 16.4 Å². The summed E-state index contributed by atoms with van der Waals surface area (Å²) in [6, 6.07) is 14.2. The largest absolute Gasteiger partial charge is 0.419 e. The van der Waals surface area contributed by atoms with Crippen molar-refractivity contribution in [2.75, 3.05) is 0 Å². The van der Waals surface area contributed by atoms with Gasteiger partial charge in [-0.1, -0.05) is 29.8 Å². The van der Waals surface area contributed by atoms with Crippen LogP contribution >= 0.6 is 0 Å². The summed E-state index contributed by atoms with van der Waals surface area (Å²) >= 11 is 0. The first kappa shape index (κ1) is 17.5. The lowest BCUT2D eigenvalue weighted by molar-refractivity contribution is -0.122. The lowest BCUT2D eigenvalue weighted by atomic mass is 10.1. The number of benzene rings is 2. The molecule has 7 heteroatoms. The molecular formula is C19H19N3O4. The van der Waals surface area contributed by atoms with Crippen LogP contribution in [0.2, 0.25) is 0 Å². The van der Waals surface area contributed by atoms with E-state index in [4.69, 9.17) is 4.42 Å². The molecule has 0 aliphatic carbocycles. The van der Waals surface area contributed by atoms with Crippen molar-refractivity contribution in [1.29, 1.82) is 0 Å². The average molecular weight is 353 g/mol. The Bertz CT molecular complexity index is 986. The van der Waals surface area contributed by atoms with E-state index in [9.17, 15) is 14.4 Å². The van der Waals surface area contributed by atoms with Crippen LogP contribution < -0.4 is 16.6 Å². The summed E-state index contributed by atoms with van der Waals surface area (Å²) < 4.78 is 6.64. The maximum absolute atomic E-state index is 11.9. The molecule has 0 bridgehead atoms. The van der Waals surface area contributed by atoms with Crippen molar-refractivity contribution in [3.8, 4) is 0 Å². The number of carbonyl (C=O) groups excluding carboxylic acids is 2. The normalized spacial score (nSPS) is 10.7. The number of hydrogen-bond acceptors (Lipinski definition) is 4. The number of oxazole rings is 1. The van der Waals surface area contributed by atoms with Crippen molar-refractivity contribution in [2.24, 2.45) is 0 Å². The molecule has 0 aliphatic rings. The van der Waals surface area contributed by atoms with Crippen molar-refractivity contribution in [1.82, 2.24) is 15.4 Å². The van der Waals surface area contributed by atoms with Gasteiger partial charge >= 0.3 is 5.76 Å². The Labute approximate surface area is 149 Å². The molecule has 134 valence electrons. The molecule has 26 heavy (non-hydrogen) atoms. The Hall–Kier alpha value is -3.35. The number of aryl methyl sites for hydroxylation is 2. The standard InChI is InChI=1S/C19H19N3O4/c1-13-8-10-14(11-9-13)18(24)21-20-17(23)7-4-12-22-15-5-2-3-6-16(15)26-19(22)25/h2-3,5-6,8-11H,4,7,12H2,1H3,(H,20,23)(H,21,24). The second kappa shape index (κ2) is 7.69. The highest BCUT2D eigenvalue weighted by Gasteiger charge is 2.10. The monoisotopic (exact) mass is 353 g/mol. The lowest BCUT2D eigenvalue weighted by Crippen LogP contribution is -2.41. The predicted octanol–water partition coefficient (Wildman–Crippen LogP) is 2.14. The second-order valence-corrected chi connectivity index (χ2v) is 5.96. The van der Waals surface area contributed by atoms with E-state index in [1.165, 1.54) is 4.57 Å². The van der Waals surface area contributed by atoms with Gasteiger partial charge in [-0.25, -0.2) is 4.79 Å². The molecule has 0 unspecified atom stereocenters. The molecule has 7 nitrogen and oxygen atoms in total. The molecule has 3 aromatic rings. The third-order valence-electron chi connectivity index (χ3n) is 3.99. The predicted molar refractivity (Wildman–Crippen MR) is 96.5 cm³/mol. The van der Waals surface area contributed by atoms with E-state index in [1.807, 2.05) is 25.1 Å². The highest BCUT2D eigenvalue weighted by molar-refractivity contribution is 5.95. The zero-order valence-electron chi connectivity index (χ0n) is 14.3. The molecule has 0 saturated carbocycles. The maximum Gasteiger partial charge on any atom is 0.419 e. The van der Waals surface area contributed by atoms with Crippen LogP contribution in [0.3, 0.4) is 0 Å². The fourth-order valence-electron chi connectivity index (χ4n) is 2.59. The first-order valence-electron chi connectivity index (χ1n) is 8.29. The van der Waals surface area contributed by atoms with Gasteiger partial charge in [0.15, 0.2) is 5.58 Å². The number of rotatable bonds is 5. The number of nitrogens with zero attached hydrogens (tertiary/aromatic N) is 1. The van der Waals surface area contributed by atoms with E-state index < -0.39 is 5.76 Å². The quantitative estimate of drug-likeness (QED) is 0.687. The number of para-hydroxylation sites is 2. The lowest BCUT2D eigenvalue weighted by Gasteiger charge is -2.08. The second-order valence-electron chi connectivity index (χ2n) is 5.96. The van der Waals surface area contributed by atoms with Crippen LogP contribution in [0.25, 0.3) is 11.1 Å². The molecule has 0 radical (unpaired) electrons. The van der Waals surface area contributed by atoms with Gasteiger partial charge in [0.25, 0.3) is 5.91 Å². The number of carbonyl (C=O) groups is 2. The molecule has 1 heterocycles. The molecule has 2 aromatic carbocycles. The smallest absolute Gasteiger partial charge is 0.408 e. The van der Waals surface area contributed by atoms with Gasteiger partial charge in [-0.05, 0) is 37.6 Å². The Morgan fingerprint density at radius 3 is 2.54 bits per heavy atom. The topological polar surface area (TPSA) is 93.3 Å². The van der Waals surface area contributed by atoms with Crippen molar-refractivity contribution in [2.45, 2.75) is 26.3 Å². The van der Waals surface area contributed by atoms with E-state index >= 15 is 0 Å². The fraction of sp³-hybridized carbons (Fsp3) is 0.211. The summed E-state index contributed by atoms with van der Waals surface area (Å²) in [5.41, 5.74) is 7.49. The Kier molecular flexibility index (Phi) is 5.17. The van der Waals surface area contributed by atoms with Gasteiger partial charge in [0.05, 0.1) is 5.52 Å². The van der Waals surface area contributed by atoms with Gasteiger partial charge in [0, 0.05) is 18.5 Å². The van der Waals surface area contributed by atoms with E-state index in [2.05, 4.69) is 10.9 Å². The minimum Gasteiger partial charge on any atom is -0.408 e. The summed E-state index contributed by atoms with van der Waals surface area (Å²) in [5.74, 6) is -1.15. The first-order valence-corrected chi connectivity index (χ1v) is 8.29. The number of nitrogens with one attached hydrogen (secondary N) is 2. The van der Waals surface area contributed by atoms with E-state index in [-0.39, 0.29) is 18.2 Å². The maximum atomic E-state index is 11.9. The molecule has 0 atom stereocenters. The van der Waals surface area contributed by atoms with Gasteiger partial charge in [-0.3, -0.25) is 25.0 Å². The first-order chi connectivity index (χ1) is 12.5. The van der Waals surface area contributed by atoms with Gasteiger partial charge < -0.3 is 4.42 Å². The van der Waals surface area contributed by atoms with E-state index in [0.717, 1.165) is 5.56 Å². The SMILES string of the molecule is Cc1ccc(C(=O)NNC(=O)CCCn2c(=O)oc3ccccc32)cc1. The molecule has 3 rings (SSSR count). The van der Waals surface area contributed by atoms with Crippen LogP contribution in [0.4, 0.5) is 0 Å². The Morgan fingerprint density at radius 2 is 1.77 bits per heavy atom. The number of hydrogen-bond donors (Lipinski definition) is 2. The number of aromatic nitrogens is 1. The Morgan fingerprint density at radius 1 is 1.04 bits per heavy atom. The molecule has 1 aromatic heterocycles. The summed E-state index contributed by atoms with van der Waals surface area (Å²) in [6.45, 7) is 2.28. The van der Waals surface area contributed by atoms with Crippen molar-refractivity contribution < 1.29 is 14.0 Å². The average Bonchev–Trinajstić information content (AvgIpc) is 2.96. The molecule has 0 fully saturated rings. The third kappa shape index (κ3) is 4.00. The van der Waals surface area contributed by atoms with Gasteiger partial charge in [0.1, 0.15) is 0 Å². The van der Waals surface area contributed by atoms with Gasteiger partial charge in [-0.2, -0.15) is 0 Å². The van der Waals surface area contributed by atoms with Crippen LogP contribution in [0.1, 0.15) is 28.8 Å². The molecule has 0 aliphatic heterocycles. The number of fused-ring (bicyclic) bond motifs is 1. The van der Waals surface area contributed by atoms with Crippen LogP contribution in [-0.2, 0) is 11.3 Å². The fourth-order valence-corrected chi connectivity index (χ4v) is 2.59. The third-order valence-corrected chi connectivity index (χ3v) is 3.99. The molecule has 0 saturated heterocycles. The minimum atomic E-state index is -0.445. The van der Waals surface area contributed by atoms with E-state index in [0.29, 0.717) is 29.6 Å². The number of amides is 2. The van der Waals surface area contributed by atoms with Crippen LogP contribution in [0, 0.1) is 6.92 Å². The molecule has 2 N–H and O–H groups in total. The summed E-state index contributed by atoms with van der Waals surface area (Å²) in [7, 11) is 0. The number of hydrazine groups is 1. The minimum absolute atomic E-state index is 0.167. The zero-order valence-corrected chi connectivity index (χ0v) is 14.3. The van der Waals surface area contributed by atoms with Gasteiger partial charge in [-0.15, -0.1) is 0 Å². The summed E-state index contributed by atoms with van der Waals surface area (Å²) in [6.07, 6.45) is 0.607. The van der Waals surface area contributed by atoms with Gasteiger partial charge in [0.2, 0.25) is 5.91 Å². The Balaban J connectivity index is 1.48. The zero-order chi connectivity index (χ0) is 18.5. The summed E-state index contributed by atoms with van der Waals surface area (Å²) in [4.78, 5) is 35.7. The highest BCUT2D eigenvalue weighted by atomic mass is 16.4. The molecular weight excluding hydrogens is 334 g/mol. The van der Waals surface area contributed by atoms with Crippen molar-refractivity contribution >= 4 is 22.9 Å². The molecule has 0 spiro atoms. The highest BCUT2D eigenvalue weighted by Crippen LogP contribution is 2.12. The van der Waals surface area contributed by atoms with Crippen LogP contribution in [0.15, 0.2) is 57.7 Å². The van der Waals surface area contributed by atoms with Crippen LogP contribution in [0.5, 0.6) is 0 Å².